The predicted molar refractivity (Wildman–Crippen MR) is 60.4 cm³/mol. The molecule has 0 aliphatic heterocycles. The van der Waals surface area contributed by atoms with E-state index in [-0.39, 0.29) is 0 Å². The summed E-state index contributed by atoms with van der Waals surface area (Å²) in [5, 5.41) is 1.38. The average molecular weight is 299 g/mol. The van der Waals surface area contributed by atoms with Gasteiger partial charge in [0.15, 0.2) is 0 Å². The molecule has 0 spiro atoms. The van der Waals surface area contributed by atoms with E-state index in [1.54, 1.807) is 0 Å². The molecule has 0 saturated carbocycles. The van der Waals surface area contributed by atoms with Crippen LogP contribution in [0.15, 0.2) is 33.7 Å². The van der Waals surface area contributed by atoms with Gasteiger partial charge < -0.3 is 0 Å². The first-order valence-electron chi connectivity index (χ1n) is 3.99. The maximum atomic E-state index is 3.47. The number of fused-ring (bicyclic) bond motifs is 3. The second kappa shape index (κ2) is 2.74. The monoisotopic (exact) mass is 299 g/mol. The second-order valence-electron chi connectivity index (χ2n) is 2.98. The van der Waals surface area contributed by atoms with Gasteiger partial charge in [-0.05, 0) is 0 Å². The Hall–Kier alpha value is -0.501. The van der Waals surface area contributed by atoms with Crippen LogP contribution in [0.2, 0.25) is 0 Å². The van der Waals surface area contributed by atoms with E-state index in [9.17, 15) is 0 Å². The molecule has 64 valence electrons. The van der Waals surface area contributed by atoms with Crippen molar-refractivity contribution >= 4 is 51.1 Å². The van der Waals surface area contributed by atoms with E-state index in [1.807, 2.05) is 0 Å². The summed E-state index contributed by atoms with van der Waals surface area (Å²) in [6.07, 6.45) is 0. The fourth-order valence-electron chi connectivity index (χ4n) is 1.58. The number of nitrogens with one attached hydrogen (secondary N) is 1. The van der Waals surface area contributed by atoms with Crippen LogP contribution in [0.1, 0.15) is 0 Å². The summed E-state index contributed by atoms with van der Waals surface area (Å²) in [6, 6.07) is 8.61. The fourth-order valence-corrected chi connectivity index (χ4v) is 3.81. The van der Waals surface area contributed by atoms with E-state index < -0.39 is 0 Å². The maximum absolute atomic E-state index is 3.47. The first-order valence-corrected chi connectivity index (χ1v) is 6.63. The van der Waals surface area contributed by atoms with Crippen molar-refractivity contribution in [3.63, 3.8) is 0 Å². The van der Waals surface area contributed by atoms with Crippen molar-refractivity contribution in [1.29, 1.82) is 0 Å². The molecule has 0 saturated heterocycles. The standard InChI is InChI=1S/C10H6BrNSe/c11-6-1-2-7-9(5-6)12-8-3-4-13-10(7)8/h1-5,12H. The third-order valence-electron chi connectivity index (χ3n) is 2.16. The molecular formula is C10H6BrNSe. The third kappa shape index (κ3) is 1.12. The Bertz CT molecular complexity index is 579. The molecule has 0 aliphatic rings. The zero-order valence-corrected chi connectivity index (χ0v) is 9.97. The van der Waals surface area contributed by atoms with Gasteiger partial charge in [-0.15, -0.1) is 0 Å². The normalized spacial score (nSPS) is 11.5. The Labute approximate surface area is 89.6 Å². The molecule has 1 aromatic carbocycles. The number of hydrogen-bond donors (Lipinski definition) is 1. The predicted octanol–water partition coefficient (Wildman–Crippen LogP) is 3.14. The molecule has 3 rings (SSSR count). The van der Waals surface area contributed by atoms with Gasteiger partial charge in [-0.25, -0.2) is 0 Å². The van der Waals surface area contributed by atoms with Gasteiger partial charge in [-0.1, -0.05) is 0 Å². The molecule has 0 amide bonds. The molecule has 0 fully saturated rings. The number of hydrogen-bond acceptors (Lipinski definition) is 0. The van der Waals surface area contributed by atoms with E-state index in [0.717, 1.165) is 4.47 Å². The van der Waals surface area contributed by atoms with Crippen LogP contribution < -0.4 is 0 Å². The van der Waals surface area contributed by atoms with Crippen LogP contribution in [-0.2, 0) is 0 Å². The van der Waals surface area contributed by atoms with E-state index in [1.165, 1.54) is 20.7 Å². The zero-order valence-electron chi connectivity index (χ0n) is 6.67. The number of aromatic nitrogens is 1. The topological polar surface area (TPSA) is 15.8 Å². The minimum atomic E-state index is 0.529. The van der Waals surface area contributed by atoms with Crippen LogP contribution in [0.3, 0.4) is 0 Å². The van der Waals surface area contributed by atoms with E-state index in [0.29, 0.717) is 14.5 Å². The van der Waals surface area contributed by atoms with Crippen molar-refractivity contribution < 1.29 is 0 Å². The molecule has 2 aromatic heterocycles. The molecular weight excluding hydrogens is 293 g/mol. The summed E-state index contributed by atoms with van der Waals surface area (Å²) in [4.78, 5) is 5.68. The summed E-state index contributed by atoms with van der Waals surface area (Å²) in [7, 11) is 0. The molecule has 1 N–H and O–H groups in total. The number of benzene rings is 1. The van der Waals surface area contributed by atoms with E-state index in [4.69, 9.17) is 0 Å². The van der Waals surface area contributed by atoms with Gasteiger partial charge in [-0.3, -0.25) is 0 Å². The van der Waals surface area contributed by atoms with Crippen LogP contribution in [0, 0.1) is 0 Å². The Balaban J connectivity index is 2.59. The van der Waals surface area contributed by atoms with E-state index >= 15 is 0 Å². The second-order valence-corrected chi connectivity index (χ2v) is 5.82. The SMILES string of the molecule is Brc1ccc2c(c1)[nH]c1cc[se]c12. The summed E-state index contributed by atoms with van der Waals surface area (Å²) in [5.74, 6) is 0. The van der Waals surface area contributed by atoms with E-state index in [2.05, 4.69) is 50.1 Å². The molecule has 1 nitrogen and oxygen atoms in total. The van der Waals surface area contributed by atoms with Crippen LogP contribution in [0.25, 0.3) is 20.7 Å². The van der Waals surface area contributed by atoms with Crippen molar-refractivity contribution in [3.8, 4) is 0 Å². The van der Waals surface area contributed by atoms with Crippen molar-refractivity contribution in [2.45, 2.75) is 0 Å². The molecule has 0 aliphatic carbocycles. The van der Waals surface area contributed by atoms with Gasteiger partial charge in [0.25, 0.3) is 0 Å². The Morgan fingerprint density at radius 3 is 3.00 bits per heavy atom. The van der Waals surface area contributed by atoms with Crippen molar-refractivity contribution in [2.75, 3.05) is 0 Å². The zero-order chi connectivity index (χ0) is 8.84. The molecule has 3 heteroatoms. The first-order chi connectivity index (χ1) is 6.34. The van der Waals surface area contributed by atoms with Crippen molar-refractivity contribution in [2.24, 2.45) is 0 Å². The summed E-state index contributed by atoms with van der Waals surface area (Å²) in [5.41, 5.74) is 2.54. The molecule has 3 aromatic rings. The van der Waals surface area contributed by atoms with Crippen LogP contribution in [-0.4, -0.2) is 19.5 Å². The molecule has 0 bridgehead atoms. The van der Waals surface area contributed by atoms with Gasteiger partial charge in [-0.2, -0.15) is 0 Å². The molecule has 0 radical (unpaired) electrons. The van der Waals surface area contributed by atoms with Gasteiger partial charge in [0.05, 0.1) is 0 Å². The van der Waals surface area contributed by atoms with Gasteiger partial charge in [0.2, 0.25) is 0 Å². The van der Waals surface area contributed by atoms with Crippen LogP contribution in [0.4, 0.5) is 0 Å². The summed E-state index contributed by atoms with van der Waals surface area (Å²) < 4.78 is 2.63. The van der Waals surface area contributed by atoms with Crippen molar-refractivity contribution in [3.05, 3.63) is 33.7 Å². The quantitative estimate of drug-likeness (QED) is 0.614. The number of H-pyrrole nitrogens is 1. The van der Waals surface area contributed by atoms with Crippen LogP contribution >= 0.6 is 15.9 Å². The Morgan fingerprint density at radius 1 is 1.15 bits per heavy atom. The summed E-state index contributed by atoms with van der Waals surface area (Å²) in [6.45, 7) is 0. The fraction of sp³-hybridized carbons (Fsp3) is 0. The molecule has 0 unspecified atom stereocenters. The summed E-state index contributed by atoms with van der Waals surface area (Å²) >= 11 is 4.00. The van der Waals surface area contributed by atoms with Gasteiger partial charge in [0.1, 0.15) is 0 Å². The third-order valence-corrected chi connectivity index (χ3v) is 4.64. The number of halogens is 1. The van der Waals surface area contributed by atoms with Crippen molar-refractivity contribution in [1.82, 2.24) is 4.98 Å². The first kappa shape index (κ1) is 7.86. The Kier molecular flexibility index (Phi) is 1.66. The van der Waals surface area contributed by atoms with Gasteiger partial charge in [0, 0.05) is 0 Å². The van der Waals surface area contributed by atoms with Crippen LogP contribution in [0.5, 0.6) is 0 Å². The average Bonchev–Trinajstić information content (AvgIpc) is 2.62. The van der Waals surface area contributed by atoms with Gasteiger partial charge >= 0.3 is 89.8 Å². The Morgan fingerprint density at radius 2 is 2.08 bits per heavy atom. The minimum absolute atomic E-state index is 0.529. The number of aromatic amines is 1. The number of rotatable bonds is 0. The molecule has 2 heterocycles. The molecule has 13 heavy (non-hydrogen) atoms. The molecule has 0 atom stereocenters.